The summed E-state index contributed by atoms with van der Waals surface area (Å²) in [5.74, 6) is -2.53. The van der Waals surface area contributed by atoms with Crippen molar-refractivity contribution in [3.05, 3.63) is 58.9 Å². The molecule has 0 spiro atoms. The van der Waals surface area contributed by atoms with Crippen LogP contribution in [0.4, 0.5) is 24.5 Å². The number of nitrogens with zero attached hydrogens (tertiary/aromatic N) is 1. The quantitative estimate of drug-likeness (QED) is 0.660. The minimum Gasteiger partial charge on any atom is -0.386 e. The van der Waals surface area contributed by atoms with E-state index in [1.807, 2.05) is 11.8 Å². The van der Waals surface area contributed by atoms with Crippen molar-refractivity contribution in [3.63, 3.8) is 0 Å². The topological polar surface area (TPSA) is 47.5 Å². The zero-order chi connectivity index (χ0) is 21.3. The van der Waals surface area contributed by atoms with Gasteiger partial charge in [0.05, 0.1) is 11.4 Å². The molecule has 3 N–H and O–H groups in total. The minimum atomic E-state index is -1.03. The summed E-state index contributed by atoms with van der Waals surface area (Å²) in [5, 5.41) is 17.0. The summed E-state index contributed by atoms with van der Waals surface area (Å²) >= 11 is 0. The van der Waals surface area contributed by atoms with E-state index in [1.54, 1.807) is 12.1 Å². The van der Waals surface area contributed by atoms with Crippen LogP contribution in [0.2, 0.25) is 0 Å². The molecule has 0 bridgehead atoms. The van der Waals surface area contributed by atoms with E-state index in [1.165, 1.54) is 12.1 Å². The summed E-state index contributed by atoms with van der Waals surface area (Å²) in [6.07, 6.45) is 3.84. The Morgan fingerprint density at radius 1 is 1.13 bits per heavy atom. The highest BCUT2D eigenvalue weighted by Crippen LogP contribution is 2.34. The van der Waals surface area contributed by atoms with Crippen LogP contribution in [0.1, 0.15) is 37.3 Å². The van der Waals surface area contributed by atoms with Gasteiger partial charge in [0.1, 0.15) is 11.4 Å². The average molecular weight is 419 g/mol. The van der Waals surface area contributed by atoms with Gasteiger partial charge in [0, 0.05) is 25.7 Å². The molecule has 0 saturated carbocycles. The molecular weight excluding hydrogens is 391 g/mol. The minimum absolute atomic E-state index is 0.0654. The van der Waals surface area contributed by atoms with Gasteiger partial charge in [-0.3, -0.25) is 4.90 Å². The number of aliphatic hydroxyl groups is 1. The summed E-state index contributed by atoms with van der Waals surface area (Å²) in [7, 11) is 0. The molecule has 1 atom stereocenters. The second kappa shape index (κ2) is 8.57. The lowest BCUT2D eigenvalue weighted by Gasteiger charge is -2.52. The Kier molecular flexibility index (Phi) is 6.04. The van der Waals surface area contributed by atoms with Gasteiger partial charge in [-0.1, -0.05) is 25.5 Å². The molecule has 2 saturated heterocycles. The standard InChI is InChI=1S/C23H28F3N3O/c1-2-15-6-9-19(18(25)11-15)28-22-16(7-8-17(24)21(22)26)12-29-13-23(30,14-29)20-5-3-4-10-27-20/h6-9,11,20,27-28,30H,2-5,10,12-14H2,1H3. The van der Waals surface area contributed by atoms with E-state index >= 15 is 0 Å². The first kappa shape index (κ1) is 21.2. The molecule has 2 aromatic carbocycles. The molecule has 30 heavy (non-hydrogen) atoms. The van der Waals surface area contributed by atoms with Gasteiger partial charge >= 0.3 is 0 Å². The lowest BCUT2D eigenvalue weighted by Crippen LogP contribution is -2.70. The number of halogens is 3. The second-order valence-electron chi connectivity index (χ2n) is 8.44. The smallest absolute Gasteiger partial charge is 0.182 e. The van der Waals surface area contributed by atoms with Crippen LogP contribution in [-0.4, -0.2) is 41.3 Å². The van der Waals surface area contributed by atoms with Gasteiger partial charge in [-0.15, -0.1) is 0 Å². The molecule has 2 heterocycles. The fraction of sp³-hybridized carbons (Fsp3) is 0.478. The number of piperidine rings is 1. The molecule has 4 nitrogen and oxygen atoms in total. The van der Waals surface area contributed by atoms with Crippen LogP contribution >= 0.6 is 0 Å². The Morgan fingerprint density at radius 3 is 2.60 bits per heavy atom. The molecule has 2 aliphatic heterocycles. The van der Waals surface area contributed by atoms with Crippen molar-refractivity contribution in [2.75, 3.05) is 25.0 Å². The number of benzene rings is 2. The number of likely N-dealkylation sites (tertiary alicyclic amines) is 1. The molecule has 0 aromatic heterocycles. The predicted molar refractivity (Wildman–Crippen MR) is 111 cm³/mol. The highest BCUT2D eigenvalue weighted by atomic mass is 19.2. The number of nitrogens with one attached hydrogen (secondary N) is 2. The van der Waals surface area contributed by atoms with Crippen LogP contribution in [-0.2, 0) is 13.0 Å². The van der Waals surface area contributed by atoms with E-state index in [9.17, 15) is 18.3 Å². The first-order valence-corrected chi connectivity index (χ1v) is 10.6. The van der Waals surface area contributed by atoms with E-state index < -0.39 is 23.1 Å². The summed E-state index contributed by atoms with van der Waals surface area (Å²) in [6, 6.07) is 7.35. The maximum Gasteiger partial charge on any atom is 0.182 e. The van der Waals surface area contributed by atoms with Crippen LogP contribution in [0.5, 0.6) is 0 Å². The molecule has 2 fully saturated rings. The zero-order valence-corrected chi connectivity index (χ0v) is 17.1. The number of anilines is 2. The molecular formula is C23H28F3N3O. The maximum absolute atomic E-state index is 14.6. The third-order valence-electron chi connectivity index (χ3n) is 6.23. The number of hydrogen-bond donors (Lipinski definition) is 3. The van der Waals surface area contributed by atoms with Crippen LogP contribution in [0.3, 0.4) is 0 Å². The summed E-state index contributed by atoms with van der Waals surface area (Å²) < 4.78 is 42.9. The third-order valence-corrected chi connectivity index (χ3v) is 6.23. The van der Waals surface area contributed by atoms with Crippen molar-refractivity contribution in [1.82, 2.24) is 10.2 Å². The van der Waals surface area contributed by atoms with Gasteiger partial charge < -0.3 is 15.7 Å². The highest BCUT2D eigenvalue weighted by molar-refractivity contribution is 5.65. The first-order chi connectivity index (χ1) is 14.4. The van der Waals surface area contributed by atoms with Crippen molar-refractivity contribution in [1.29, 1.82) is 0 Å². The van der Waals surface area contributed by atoms with Crippen LogP contribution in [0, 0.1) is 17.5 Å². The molecule has 0 aliphatic carbocycles. The number of aryl methyl sites for hydroxylation is 1. The van der Waals surface area contributed by atoms with Gasteiger partial charge in [0.25, 0.3) is 0 Å². The number of hydrogen-bond acceptors (Lipinski definition) is 4. The van der Waals surface area contributed by atoms with E-state index in [0.29, 0.717) is 31.6 Å². The molecule has 162 valence electrons. The predicted octanol–water partition coefficient (Wildman–Crippen LogP) is 4.10. The summed E-state index contributed by atoms with van der Waals surface area (Å²) in [4.78, 5) is 1.99. The van der Waals surface area contributed by atoms with Gasteiger partial charge in [-0.2, -0.15) is 0 Å². The molecule has 2 aromatic rings. The largest absolute Gasteiger partial charge is 0.386 e. The Balaban J connectivity index is 1.50. The van der Waals surface area contributed by atoms with Crippen molar-refractivity contribution < 1.29 is 18.3 Å². The van der Waals surface area contributed by atoms with Crippen molar-refractivity contribution in [2.45, 2.75) is 50.8 Å². The van der Waals surface area contributed by atoms with Crippen LogP contribution in [0.25, 0.3) is 0 Å². The SMILES string of the molecule is CCc1ccc(Nc2c(CN3CC(O)(C4CCCCN4)C3)ccc(F)c2F)c(F)c1. The van der Waals surface area contributed by atoms with E-state index in [0.717, 1.165) is 37.4 Å². The van der Waals surface area contributed by atoms with Crippen molar-refractivity contribution in [3.8, 4) is 0 Å². The lowest BCUT2D eigenvalue weighted by molar-refractivity contribution is -0.128. The van der Waals surface area contributed by atoms with Crippen molar-refractivity contribution in [2.24, 2.45) is 0 Å². The highest BCUT2D eigenvalue weighted by Gasteiger charge is 2.47. The van der Waals surface area contributed by atoms with Crippen molar-refractivity contribution >= 4 is 11.4 Å². The van der Waals surface area contributed by atoms with Gasteiger partial charge in [0.15, 0.2) is 11.6 Å². The Morgan fingerprint density at radius 2 is 1.93 bits per heavy atom. The second-order valence-corrected chi connectivity index (χ2v) is 8.44. The fourth-order valence-corrected chi connectivity index (χ4v) is 4.48. The van der Waals surface area contributed by atoms with Crippen LogP contribution in [0.15, 0.2) is 30.3 Å². The molecule has 7 heteroatoms. The summed E-state index contributed by atoms with van der Waals surface area (Å²) in [6.45, 7) is 4.09. The summed E-state index contributed by atoms with van der Waals surface area (Å²) in [5.41, 5.74) is 0.587. The molecule has 0 radical (unpaired) electrons. The van der Waals surface area contributed by atoms with Crippen LogP contribution < -0.4 is 10.6 Å². The fourth-order valence-electron chi connectivity index (χ4n) is 4.48. The number of β-amino-alcohol motifs (C(OH)–C–C–N with tert-alkyl or cyclic N) is 1. The molecule has 2 aliphatic rings. The Hall–Kier alpha value is -2.09. The van der Waals surface area contributed by atoms with E-state index in [4.69, 9.17) is 0 Å². The average Bonchev–Trinajstić information content (AvgIpc) is 2.73. The molecule has 1 unspecified atom stereocenters. The van der Waals surface area contributed by atoms with Gasteiger partial charge in [-0.05, 0) is 55.1 Å². The monoisotopic (exact) mass is 419 g/mol. The Labute approximate surface area is 175 Å². The number of rotatable bonds is 6. The first-order valence-electron chi connectivity index (χ1n) is 10.6. The normalized spacial score (nSPS) is 21.3. The molecule has 4 rings (SSSR count). The van der Waals surface area contributed by atoms with Gasteiger partial charge in [0.2, 0.25) is 0 Å². The maximum atomic E-state index is 14.6. The lowest BCUT2D eigenvalue weighted by atomic mass is 9.81. The van der Waals surface area contributed by atoms with Gasteiger partial charge in [-0.25, -0.2) is 13.2 Å². The zero-order valence-electron chi connectivity index (χ0n) is 17.1. The van der Waals surface area contributed by atoms with E-state index in [2.05, 4.69) is 10.6 Å². The Bertz CT molecular complexity index is 909. The van der Waals surface area contributed by atoms with E-state index in [-0.39, 0.29) is 17.4 Å². The third kappa shape index (κ3) is 4.19. The molecule has 0 amide bonds.